The lowest BCUT2D eigenvalue weighted by molar-refractivity contribution is 0.133. The van der Waals surface area contributed by atoms with Crippen LogP contribution in [0, 0.1) is 0 Å². The predicted octanol–water partition coefficient (Wildman–Crippen LogP) is 2.32. The summed E-state index contributed by atoms with van der Waals surface area (Å²) in [6.45, 7) is 6.56. The number of urea groups is 1. The van der Waals surface area contributed by atoms with E-state index in [1.54, 1.807) is 4.90 Å². The van der Waals surface area contributed by atoms with Crippen molar-refractivity contribution in [1.82, 2.24) is 35.1 Å². The second-order valence-corrected chi connectivity index (χ2v) is 10.1. The molecule has 0 bridgehead atoms. The van der Waals surface area contributed by atoms with Gasteiger partial charge in [-0.05, 0) is 40.2 Å². The number of nitrogens with zero attached hydrogens (tertiary/aromatic N) is 7. The van der Waals surface area contributed by atoms with E-state index >= 15 is 0 Å². The SMILES string of the molecule is CCOc1cnc(NC(=O)N(C)[C@H]2CN(c3nccc(OC(=O)NC4(C)CCN(C)CC4)n3)CC[C@H]2F)cn1. The van der Waals surface area contributed by atoms with Crippen LogP contribution >= 0.6 is 0 Å². The minimum absolute atomic E-state index is 0.0909. The first-order chi connectivity index (χ1) is 18.7. The average molecular weight is 546 g/mol. The van der Waals surface area contributed by atoms with Gasteiger partial charge in [0, 0.05) is 51.0 Å². The zero-order valence-corrected chi connectivity index (χ0v) is 22.8. The van der Waals surface area contributed by atoms with Gasteiger partial charge in [0.05, 0.1) is 25.0 Å². The molecule has 0 aliphatic carbocycles. The molecule has 212 valence electrons. The second kappa shape index (κ2) is 12.4. The van der Waals surface area contributed by atoms with Crippen molar-refractivity contribution in [2.45, 2.75) is 50.9 Å². The average Bonchev–Trinajstić information content (AvgIpc) is 2.91. The van der Waals surface area contributed by atoms with Gasteiger partial charge < -0.3 is 29.5 Å². The normalized spacial score (nSPS) is 21.1. The van der Waals surface area contributed by atoms with Gasteiger partial charge >= 0.3 is 12.1 Å². The molecule has 2 atom stereocenters. The number of likely N-dealkylation sites (N-methyl/N-ethyl adjacent to an activating group) is 1. The highest BCUT2D eigenvalue weighted by Gasteiger charge is 2.36. The summed E-state index contributed by atoms with van der Waals surface area (Å²) in [5, 5.41) is 5.58. The van der Waals surface area contributed by atoms with Crippen LogP contribution in [0.3, 0.4) is 0 Å². The number of anilines is 2. The third-order valence-electron chi connectivity index (χ3n) is 7.06. The molecular formula is C25H36FN9O4. The Morgan fingerprint density at radius 1 is 1.18 bits per heavy atom. The first-order valence-electron chi connectivity index (χ1n) is 13.0. The van der Waals surface area contributed by atoms with Crippen molar-refractivity contribution < 1.29 is 23.5 Å². The van der Waals surface area contributed by atoms with E-state index in [1.165, 1.54) is 36.6 Å². The molecule has 2 aliphatic heterocycles. The standard InChI is InChI=1S/C25H36FN9O4/c1-5-38-21-15-28-19(14-29-21)30-23(36)34(4)18-16-35(11-7-17(18)26)22-27-10-6-20(31-22)39-24(37)32-25(2)8-12-33(3)13-9-25/h6,10,14-15,17-18H,5,7-9,11-13,16H2,1-4H3,(H,32,37)(H,28,30,36)/t17-,18+/m1/s1. The van der Waals surface area contributed by atoms with Gasteiger partial charge in [-0.15, -0.1) is 0 Å². The quantitative estimate of drug-likeness (QED) is 0.533. The van der Waals surface area contributed by atoms with Gasteiger partial charge in [-0.1, -0.05) is 0 Å². The third-order valence-corrected chi connectivity index (χ3v) is 7.06. The van der Waals surface area contributed by atoms with Crippen LogP contribution in [0.5, 0.6) is 11.8 Å². The fraction of sp³-hybridized carbons (Fsp3) is 0.600. The minimum atomic E-state index is -1.25. The molecule has 3 amide bonds. The Bertz CT molecular complexity index is 1130. The van der Waals surface area contributed by atoms with Crippen LogP contribution in [-0.4, -0.2) is 106 Å². The van der Waals surface area contributed by atoms with Crippen molar-refractivity contribution in [2.24, 2.45) is 0 Å². The lowest BCUT2D eigenvalue weighted by Gasteiger charge is -2.39. The molecule has 4 heterocycles. The first kappa shape index (κ1) is 28.2. The summed E-state index contributed by atoms with van der Waals surface area (Å²) in [4.78, 5) is 47.5. The van der Waals surface area contributed by atoms with Crippen molar-refractivity contribution >= 4 is 23.9 Å². The number of alkyl halides is 1. The number of piperidine rings is 2. The number of amides is 3. The molecule has 0 spiro atoms. The fourth-order valence-corrected chi connectivity index (χ4v) is 4.55. The highest BCUT2D eigenvalue weighted by atomic mass is 19.1. The Kier molecular flexibility index (Phi) is 8.94. The molecule has 13 nitrogen and oxygen atoms in total. The minimum Gasteiger partial charge on any atom is -0.477 e. The first-order valence-corrected chi connectivity index (χ1v) is 13.0. The topological polar surface area (TPSA) is 138 Å². The zero-order chi connectivity index (χ0) is 28.0. The summed E-state index contributed by atoms with van der Waals surface area (Å²) < 4.78 is 25.6. The summed E-state index contributed by atoms with van der Waals surface area (Å²) in [5.41, 5.74) is -0.349. The van der Waals surface area contributed by atoms with Gasteiger partial charge in [-0.3, -0.25) is 5.32 Å². The van der Waals surface area contributed by atoms with Gasteiger partial charge in [0.15, 0.2) is 5.82 Å². The number of nitrogens with one attached hydrogen (secondary N) is 2. The van der Waals surface area contributed by atoms with Crippen LogP contribution in [0.4, 0.5) is 25.7 Å². The molecule has 0 radical (unpaired) electrons. The van der Waals surface area contributed by atoms with E-state index in [4.69, 9.17) is 9.47 Å². The maximum atomic E-state index is 14.9. The Morgan fingerprint density at radius 2 is 1.95 bits per heavy atom. The number of hydrogen-bond acceptors (Lipinski definition) is 10. The Morgan fingerprint density at radius 3 is 2.64 bits per heavy atom. The largest absolute Gasteiger partial charge is 0.477 e. The van der Waals surface area contributed by atoms with E-state index in [1.807, 2.05) is 13.8 Å². The van der Waals surface area contributed by atoms with E-state index in [0.29, 0.717) is 19.0 Å². The van der Waals surface area contributed by atoms with E-state index in [-0.39, 0.29) is 36.2 Å². The molecule has 2 saturated heterocycles. The highest BCUT2D eigenvalue weighted by Crippen LogP contribution is 2.24. The fourth-order valence-electron chi connectivity index (χ4n) is 4.55. The van der Waals surface area contributed by atoms with Crippen LogP contribution in [0.1, 0.15) is 33.1 Å². The van der Waals surface area contributed by atoms with E-state index < -0.39 is 24.3 Å². The number of ether oxygens (including phenoxy) is 2. The van der Waals surface area contributed by atoms with Crippen molar-refractivity contribution in [3.8, 4) is 11.8 Å². The van der Waals surface area contributed by atoms with Crippen LogP contribution in [0.25, 0.3) is 0 Å². The number of likely N-dealkylation sites (tertiary alicyclic amines) is 1. The molecule has 0 aromatic carbocycles. The molecule has 0 unspecified atom stereocenters. The Hall–Kier alpha value is -3.81. The second-order valence-electron chi connectivity index (χ2n) is 10.1. The van der Waals surface area contributed by atoms with Crippen molar-refractivity contribution in [3.05, 3.63) is 24.7 Å². The van der Waals surface area contributed by atoms with E-state index in [0.717, 1.165) is 25.9 Å². The van der Waals surface area contributed by atoms with Gasteiger partial charge in [0.25, 0.3) is 0 Å². The number of halogens is 1. The predicted molar refractivity (Wildman–Crippen MR) is 142 cm³/mol. The third kappa shape index (κ3) is 7.40. The smallest absolute Gasteiger partial charge is 0.414 e. The molecule has 2 N–H and O–H groups in total. The van der Waals surface area contributed by atoms with Crippen molar-refractivity contribution in [1.29, 1.82) is 0 Å². The molecule has 2 fully saturated rings. The van der Waals surface area contributed by atoms with Crippen LogP contribution in [0.2, 0.25) is 0 Å². The maximum absolute atomic E-state index is 14.9. The number of rotatable bonds is 7. The van der Waals surface area contributed by atoms with E-state index in [2.05, 4.69) is 42.5 Å². The van der Waals surface area contributed by atoms with Gasteiger partial charge in [-0.25, -0.2) is 28.9 Å². The van der Waals surface area contributed by atoms with Gasteiger partial charge in [0.1, 0.15) is 6.17 Å². The highest BCUT2D eigenvalue weighted by molar-refractivity contribution is 5.88. The molecule has 2 aliphatic rings. The van der Waals surface area contributed by atoms with E-state index in [9.17, 15) is 14.0 Å². The lowest BCUT2D eigenvalue weighted by Crippen LogP contribution is -2.55. The molecule has 14 heteroatoms. The number of carbonyl (C=O) groups is 2. The van der Waals surface area contributed by atoms with Gasteiger partial charge in [0.2, 0.25) is 17.7 Å². The Balaban J connectivity index is 1.35. The molecule has 2 aromatic rings. The summed E-state index contributed by atoms with van der Waals surface area (Å²) in [6.07, 6.45) is 4.25. The molecule has 2 aromatic heterocycles. The summed E-state index contributed by atoms with van der Waals surface area (Å²) in [6, 6.07) is 0.201. The lowest BCUT2D eigenvalue weighted by atomic mass is 9.90. The zero-order valence-electron chi connectivity index (χ0n) is 22.8. The molecule has 39 heavy (non-hydrogen) atoms. The summed E-state index contributed by atoms with van der Waals surface area (Å²) >= 11 is 0. The summed E-state index contributed by atoms with van der Waals surface area (Å²) in [5.74, 6) is 0.941. The molecule has 4 rings (SSSR count). The Labute approximate surface area is 227 Å². The molecular weight excluding hydrogens is 509 g/mol. The number of carbonyl (C=O) groups excluding carboxylic acids is 2. The van der Waals surface area contributed by atoms with Crippen molar-refractivity contribution in [3.63, 3.8) is 0 Å². The van der Waals surface area contributed by atoms with Crippen LogP contribution in [0.15, 0.2) is 24.7 Å². The number of aromatic nitrogens is 4. The number of hydrogen-bond donors (Lipinski definition) is 2. The maximum Gasteiger partial charge on any atom is 0.414 e. The van der Waals surface area contributed by atoms with Crippen LogP contribution < -0.4 is 25.0 Å². The van der Waals surface area contributed by atoms with Gasteiger partial charge in [-0.2, -0.15) is 4.98 Å². The molecule has 0 saturated carbocycles. The van der Waals surface area contributed by atoms with Crippen LogP contribution in [-0.2, 0) is 0 Å². The van der Waals surface area contributed by atoms with Crippen molar-refractivity contribution in [2.75, 3.05) is 57.1 Å². The summed E-state index contributed by atoms with van der Waals surface area (Å²) in [7, 11) is 3.57. The monoisotopic (exact) mass is 545 g/mol.